The van der Waals surface area contributed by atoms with Gasteiger partial charge in [-0.25, -0.2) is 0 Å². The second kappa shape index (κ2) is 5.42. The van der Waals surface area contributed by atoms with Crippen molar-refractivity contribution in [2.45, 2.75) is 19.3 Å². The zero-order valence-corrected chi connectivity index (χ0v) is 7.86. The van der Waals surface area contributed by atoms with Gasteiger partial charge in [0, 0.05) is 12.3 Å². The van der Waals surface area contributed by atoms with Gasteiger partial charge in [-0.1, -0.05) is 6.08 Å². The normalized spacial score (nSPS) is 16.6. The lowest BCUT2D eigenvalue weighted by molar-refractivity contribution is 0.946. The molecule has 2 heteroatoms. The molecule has 0 bridgehead atoms. The molecule has 0 fully saturated rings. The highest BCUT2D eigenvalue weighted by molar-refractivity contribution is 7.98. The molecule has 1 heterocycles. The second-order valence-corrected chi connectivity index (χ2v) is 3.65. The van der Waals surface area contributed by atoms with Crippen molar-refractivity contribution in [3.05, 3.63) is 12.2 Å². The molecule has 0 atom stereocenters. The van der Waals surface area contributed by atoms with Crippen molar-refractivity contribution in [3.8, 4) is 0 Å². The van der Waals surface area contributed by atoms with E-state index in [0.29, 0.717) is 0 Å². The fraction of sp³-hybridized carbons (Fsp3) is 0.667. The largest absolute Gasteiger partial charge is 0.289 e. The summed E-state index contributed by atoms with van der Waals surface area (Å²) < 4.78 is 0. The maximum Gasteiger partial charge on any atom is 0.0427 e. The monoisotopic (exact) mass is 169 g/mol. The smallest absolute Gasteiger partial charge is 0.0427 e. The van der Waals surface area contributed by atoms with E-state index in [4.69, 9.17) is 0 Å². The van der Waals surface area contributed by atoms with Gasteiger partial charge in [0.15, 0.2) is 0 Å². The highest BCUT2D eigenvalue weighted by atomic mass is 32.2. The number of rotatable bonds is 4. The summed E-state index contributed by atoms with van der Waals surface area (Å²) in [5.74, 6) is 1.26. The molecule has 0 spiro atoms. The third kappa shape index (κ3) is 3.61. The number of hydrogen-bond acceptors (Lipinski definition) is 2. The van der Waals surface area contributed by atoms with E-state index in [9.17, 15) is 0 Å². The Kier molecular flexibility index (Phi) is 4.36. The van der Waals surface area contributed by atoms with Crippen molar-refractivity contribution >= 4 is 17.5 Å². The Morgan fingerprint density at radius 2 is 2.55 bits per heavy atom. The van der Waals surface area contributed by atoms with Crippen LogP contribution in [-0.4, -0.2) is 24.3 Å². The lowest BCUT2D eigenvalue weighted by Crippen LogP contribution is -2.00. The van der Waals surface area contributed by atoms with Crippen LogP contribution in [0.5, 0.6) is 0 Å². The fourth-order valence-electron chi connectivity index (χ4n) is 1.11. The molecule has 0 aromatic heterocycles. The summed E-state index contributed by atoms with van der Waals surface area (Å²) in [6, 6.07) is 0. The summed E-state index contributed by atoms with van der Waals surface area (Å²) in [6.07, 6.45) is 10.1. The zero-order chi connectivity index (χ0) is 7.94. The first-order valence-corrected chi connectivity index (χ1v) is 5.51. The summed E-state index contributed by atoms with van der Waals surface area (Å²) in [4.78, 5) is 4.42. The Morgan fingerprint density at radius 1 is 1.64 bits per heavy atom. The lowest BCUT2D eigenvalue weighted by Gasteiger charge is -2.04. The summed E-state index contributed by atoms with van der Waals surface area (Å²) in [6.45, 7) is 1.01. The first-order valence-electron chi connectivity index (χ1n) is 4.12. The van der Waals surface area contributed by atoms with E-state index in [-0.39, 0.29) is 0 Å². The molecule has 0 aromatic rings. The summed E-state index contributed by atoms with van der Waals surface area (Å²) in [5.41, 5.74) is 1.30. The maximum absolute atomic E-state index is 4.42. The van der Waals surface area contributed by atoms with Crippen LogP contribution in [0.1, 0.15) is 19.3 Å². The van der Waals surface area contributed by atoms with Gasteiger partial charge in [0.05, 0.1) is 0 Å². The molecule has 0 unspecified atom stereocenters. The zero-order valence-electron chi connectivity index (χ0n) is 7.05. The molecule has 0 saturated heterocycles. The quantitative estimate of drug-likeness (QED) is 0.589. The fourth-order valence-corrected chi connectivity index (χ4v) is 1.55. The van der Waals surface area contributed by atoms with Gasteiger partial charge in [-0.3, -0.25) is 4.99 Å². The van der Waals surface area contributed by atoms with E-state index in [1.165, 1.54) is 17.9 Å². The molecule has 0 amide bonds. The number of thioether (sulfide) groups is 1. The van der Waals surface area contributed by atoms with Gasteiger partial charge in [-0.15, -0.1) is 0 Å². The third-order valence-corrected chi connectivity index (χ3v) is 2.40. The molecule has 0 aliphatic carbocycles. The van der Waals surface area contributed by atoms with Gasteiger partial charge in [0.25, 0.3) is 0 Å². The molecule has 0 aromatic carbocycles. The predicted octanol–water partition coefficient (Wildman–Crippen LogP) is 2.53. The summed E-state index contributed by atoms with van der Waals surface area (Å²) in [7, 11) is 0. The van der Waals surface area contributed by atoms with Crippen LogP contribution < -0.4 is 0 Å². The maximum atomic E-state index is 4.42. The number of hydrogen-bond donors (Lipinski definition) is 0. The molecule has 0 saturated carbocycles. The number of dihydropyridines is 1. The molecule has 1 aliphatic rings. The van der Waals surface area contributed by atoms with E-state index >= 15 is 0 Å². The molecular weight excluding hydrogens is 154 g/mol. The van der Waals surface area contributed by atoms with E-state index in [1.54, 1.807) is 0 Å². The van der Waals surface area contributed by atoms with Gasteiger partial charge in [-0.05, 0) is 37.3 Å². The van der Waals surface area contributed by atoms with Crippen LogP contribution in [0, 0.1) is 0 Å². The van der Waals surface area contributed by atoms with Gasteiger partial charge >= 0.3 is 0 Å². The van der Waals surface area contributed by atoms with E-state index in [0.717, 1.165) is 19.4 Å². The molecule has 11 heavy (non-hydrogen) atoms. The van der Waals surface area contributed by atoms with Crippen molar-refractivity contribution < 1.29 is 0 Å². The van der Waals surface area contributed by atoms with Gasteiger partial charge in [0.2, 0.25) is 0 Å². The van der Waals surface area contributed by atoms with Crippen LogP contribution in [0.4, 0.5) is 0 Å². The highest BCUT2D eigenvalue weighted by Crippen LogP contribution is 2.05. The van der Waals surface area contributed by atoms with E-state index in [1.807, 2.05) is 11.8 Å². The first kappa shape index (κ1) is 8.85. The highest BCUT2D eigenvalue weighted by Gasteiger charge is 1.97. The van der Waals surface area contributed by atoms with Crippen LogP contribution in [0.15, 0.2) is 17.1 Å². The van der Waals surface area contributed by atoms with E-state index in [2.05, 4.69) is 23.4 Å². The average molecular weight is 169 g/mol. The minimum absolute atomic E-state index is 1.01. The number of allylic oxidation sites excluding steroid dienone is 1. The Hall–Kier alpha value is -0.240. The number of aliphatic imine (C=N–C) groups is 1. The SMILES string of the molecule is CSCCCC1=NCCC=C1. The molecule has 1 aliphatic heterocycles. The average Bonchev–Trinajstić information content (AvgIpc) is 2.07. The molecule has 0 N–H and O–H groups in total. The summed E-state index contributed by atoms with van der Waals surface area (Å²) in [5, 5.41) is 0. The molecule has 0 radical (unpaired) electrons. The Bertz CT molecular complexity index is 161. The van der Waals surface area contributed by atoms with E-state index < -0.39 is 0 Å². The lowest BCUT2D eigenvalue weighted by atomic mass is 10.1. The third-order valence-electron chi connectivity index (χ3n) is 1.70. The molecule has 1 nitrogen and oxygen atoms in total. The van der Waals surface area contributed by atoms with Gasteiger partial charge < -0.3 is 0 Å². The second-order valence-electron chi connectivity index (χ2n) is 2.66. The van der Waals surface area contributed by atoms with Crippen LogP contribution in [-0.2, 0) is 0 Å². The van der Waals surface area contributed by atoms with Gasteiger partial charge in [-0.2, -0.15) is 11.8 Å². The first-order chi connectivity index (χ1) is 5.43. The van der Waals surface area contributed by atoms with Crippen molar-refractivity contribution in [2.24, 2.45) is 4.99 Å². The standard InChI is InChI=1S/C9H15NS/c1-11-8-4-6-9-5-2-3-7-10-9/h2,5H,3-4,6-8H2,1H3. The molecule has 1 rings (SSSR count). The Morgan fingerprint density at radius 3 is 3.18 bits per heavy atom. The van der Waals surface area contributed by atoms with Crippen LogP contribution >= 0.6 is 11.8 Å². The van der Waals surface area contributed by atoms with Crippen molar-refractivity contribution in [3.63, 3.8) is 0 Å². The predicted molar refractivity (Wildman–Crippen MR) is 53.7 cm³/mol. The van der Waals surface area contributed by atoms with Crippen LogP contribution in [0.2, 0.25) is 0 Å². The molecular formula is C9H15NS. The minimum atomic E-state index is 1.01. The molecule has 62 valence electrons. The van der Waals surface area contributed by atoms with Crippen molar-refractivity contribution in [1.82, 2.24) is 0 Å². The minimum Gasteiger partial charge on any atom is -0.289 e. The topological polar surface area (TPSA) is 12.4 Å². The van der Waals surface area contributed by atoms with Crippen molar-refractivity contribution in [2.75, 3.05) is 18.6 Å². The van der Waals surface area contributed by atoms with Crippen LogP contribution in [0.25, 0.3) is 0 Å². The van der Waals surface area contributed by atoms with Crippen LogP contribution in [0.3, 0.4) is 0 Å². The number of nitrogens with zero attached hydrogens (tertiary/aromatic N) is 1. The Labute approximate surface area is 73.0 Å². The Balaban J connectivity index is 2.15. The van der Waals surface area contributed by atoms with Crippen molar-refractivity contribution in [1.29, 1.82) is 0 Å². The summed E-state index contributed by atoms with van der Waals surface area (Å²) >= 11 is 1.91. The van der Waals surface area contributed by atoms with Gasteiger partial charge in [0.1, 0.15) is 0 Å².